The third kappa shape index (κ3) is 5.59. The minimum atomic E-state index is -0.988. The van der Waals surface area contributed by atoms with Crippen LogP contribution >= 0.6 is 11.8 Å². The van der Waals surface area contributed by atoms with E-state index in [1.54, 1.807) is 11.8 Å². The van der Waals surface area contributed by atoms with Gasteiger partial charge in [-0.15, -0.1) is 0 Å². The van der Waals surface area contributed by atoms with Gasteiger partial charge < -0.3 is 10.4 Å². The first kappa shape index (κ1) is 15.1. The fourth-order valence-corrected chi connectivity index (χ4v) is 2.30. The summed E-state index contributed by atoms with van der Waals surface area (Å²) in [7, 11) is 0. The number of carbonyl (C=O) groups is 2. The van der Waals surface area contributed by atoms with E-state index in [2.05, 4.69) is 10.7 Å². The number of aliphatic carboxylic acids is 1. The third-order valence-corrected chi connectivity index (χ3v) is 3.47. The zero-order valence-corrected chi connectivity index (χ0v) is 11.5. The van der Waals surface area contributed by atoms with Crippen molar-refractivity contribution >= 4 is 23.8 Å². The van der Waals surface area contributed by atoms with E-state index in [0.29, 0.717) is 12.2 Å². The van der Waals surface area contributed by atoms with Crippen LogP contribution in [0.4, 0.5) is 4.79 Å². The molecule has 0 radical (unpaired) electrons. The Hall–Kier alpha value is -0.950. The number of hydrazine groups is 1. The van der Waals surface area contributed by atoms with Crippen molar-refractivity contribution in [3.8, 4) is 0 Å². The van der Waals surface area contributed by atoms with E-state index in [-0.39, 0.29) is 0 Å². The molecule has 1 aliphatic rings. The maximum Gasteiger partial charge on any atom is 0.330 e. The summed E-state index contributed by atoms with van der Waals surface area (Å²) in [6, 6.07) is -1.24. The highest BCUT2D eigenvalue weighted by molar-refractivity contribution is 7.98. The van der Waals surface area contributed by atoms with Gasteiger partial charge in [0.05, 0.1) is 0 Å². The summed E-state index contributed by atoms with van der Waals surface area (Å²) in [6.45, 7) is 1.66. The van der Waals surface area contributed by atoms with Crippen LogP contribution in [0.3, 0.4) is 0 Å². The minimum absolute atomic E-state index is 0.426. The van der Waals surface area contributed by atoms with Gasteiger partial charge in [-0.25, -0.2) is 14.6 Å². The number of piperidine rings is 1. The highest BCUT2D eigenvalue weighted by atomic mass is 32.2. The van der Waals surface area contributed by atoms with E-state index in [0.717, 1.165) is 25.9 Å². The van der Waals surface area contributed by atoms with Crippen LogP contribution in [0.2, 0.25) is 0 Å². The number of urea groups is 1. The first-order chi connectivity index (χ1) is 8.63. The number of hydrogen-bond acceptors (Lipinski definition) is 4. The Morgan fingerprint density at radius 2 is 2.00 bits per heavy atom. The number of nitrogens with zero attached hydrogens (tertiary/aromatic N) is 1. The molecule has 1 saturated heterocycles. The van der Waals surface area contributed by atoms with Gasteiger partial charge in [-0.3, -0.25) is 5.43 Å². The normalized spacial score (nSPS) is 18.1. The molecule has 0 aromatic heterocycles. The van der Waals surface area contributed by atoms with Crippen LogP contribution in [-0.4, -0.2) is 53.3 Å². The number of carboxylic acids is 1. The van der Waals surface area contributed by atoms with E-state index in [1.165, 1.54) is 6.42 Å². The second kappa shape index (κ2) is 8.20. The van der Waals surface area contributed by atoms with Crippen LogP contribution in [0.25, 0.3) is 0 Å². The number of rotatable bonds is 6. The maximum atomic E-state index is 11.7. The molecule has 1 atom stereocenters. The minimum Gasteiger partial charge on any atom is -0.480 e. The molecular formula is C11H21N3O3S. The van der Waals surface area contributed by atoms with Crippen molar-refractivity contribution in [1.29, 1.82) is 0 Å². The highest BCUT2D eigenvalue weighted by Crippen LogP contribution is 2.06. The van der Waals surface area contributed by atoms with Gasteiger partial charge in [0, 0.05) is 13.1 Å². The van der Waals surface area contributed by atoms with E-state index in [9.17, 15) is 9.59 Å². The second-order valence-electron chi connectivity index (χ2n) is 4.31. The van der Waals surface area contributed by atoms with Crippen LogP contribution in [-0.2, 0) is 4.79 Å². The van der Waals surface area contributed by atoms with E-state index < -0.39 is 18.0 Å². The predicted octanol–water partition coefficient (Wildman–Crippen LogP) is 0.893. The molecule has 0 bridgehead atoms. The number of carbonyl (C=O) groups excluding carboxylic acids is 1. The average Bonchev–Trinajstić information content (AvgIpc) is 2.35. The lowest BCUT2D eigenvalue weighted by Gasteiger charge is -2.27. The molecule has 2 amide bonds. The molecule has 3 N–H and O–H groups in total. The van der Waals surface area contributed by atoms with Crippen LogP contribution in [0, 0.1) is 0 Å². The Bertz CT molecular complexity index is 283. The molecule has 1 rings (SSSR count). The van der Waals surface area contributed by atoms with Gasteiger partial charge in [-0.05, 0) is 31.3 Å². The lowest BCUT2D eigenvalue weighted by molar-refractivity contribution is -0.139. The van der Waals surface area contributed by atoms with E-state index >= 15 is 0 Å². The number of carboxylic acid groups (broad SMARTS) is 1. The first-order valence-electron chi connectivity index (χ1n) is 6.17. The van der Waals surface area contributed by atoms with Gasteiger partial charge in [-0.1, -0.05) is 6.42 Å². The SMILES string of the molecule is CSCC[C@H](NC(=O)NN1CCCCC1)C(=O)O. The quantitative estimate of drug-likeness (QED) is 0.671. The Balaban J connectivity index is 2.32. The number of thioether (sulfide) groups is 1. The molecule has 0 unspecified atom stereocenters. The van der Waals surface area contributed by atoms with Crippen LogP contribution in [0.1, 0.15) is 25.7 Å². The number of nitrogens with one attached hydrogen (secondary N) is 2. The molecule has 0 spiro atoms. The Morgan fingerprint density at radius 3 is 2.56 bits per heavy atom. The fourth-order valence-electron chi connectivity index (χ4n) is 1.83. The Kier molecular flexibility index (Phi) is 6.89. The molecule has 0 aromatic rings. The first-order valence-corrected chi connectivity index (χ1v) is 7.56. The van der Waals surface area contributed by atoms with E-state index in [4.69, 9.17) is 5.11 Å². The van der Waals surface area contributed by atoms with Gasteiger partial charge in [-0.2, -0.15) is 11.8 Å². The molecule has 0 aromatic carbocycles. The summed E-state index contributed by atoms with van der Waals surface area (Å²) in [5, 5.41) is 13.3. The third-order valence-electron chi connectivity index (χ3n) is 2.83. The zero-order chi connectivity index (χ0) is 13.4. The molecule has 0 saturated carbocycles. The van der Waals surface area contributed by atoms with Crippen LogP contribution < -0.4 is 10.7 Å². The van der Waals surface area contributed by atoms with Gasteiger partial charge in [0.1, 0.15) is 6.04 Å². The molecule has 6 nitrogen and oxygen atoms in total. The number of amides is 2. The molecule has 1 aliphatic heterocycles. The maximum absolute atomic E-state index is 11.7. The van der Waals surface area contributed by atoms with Crippen molar-refractivity contribution in [3.63, 3.8) is 0 Å². The molecule has 7 heteroatoms. The van der Waals surface area contributed by atoms with Gasteiger partial charge >= 0.3 is 12.0 Å². The highest BCUT2D eigenvalue weighted by Gasteiger charge is 2.20. The van der Waals surface area contributed by atoms with E-state index in [1.807, 2.05) is 11.3 Å². The molecular weight excluding hydrogens is 254 g/mol. The summed E-state index contributed by atoms with van der Waals surface area (Å²) < 4.78 is 0. The molecule has 0 aliphatic carbocycles. The Labute approximate surface area is 111 Å². The summed E-state index contributed by atoms with van der Waals surface area (Å²) in [5.74, 6) is -0.279. The lowest BCUT2D eigenvalue weighted by Crippen LogP contribution is -2.53. The molecule has 1 heterocycles. The monoisotopic (exact) mass is 275 g/mol. The van der Waals surface area contributed by atoms with Crippen molar-refractivity contribution in [2.75, 3.05) is 25.1 Å². The summed E-state index contributed by atoms with van der Waals surface area (Å²) in [6.07, 6.45) is 5.66. The van der Waals surface area contributed by atoms with Gasteiger partial charge in [0.2, 0.25) is 0 Å². The summed E-state index contributed by atoms with van der Waals surface area (Å²) in [5.41, 5.74) is 2.69. The van der Waals surface area contributed by atoms with Crippen LogP contribution in [0.5, 0.6) is 0 Å². The standard InChI is InChI=1S/C11H21N3O3S/c1-18-8-5-9(10(15)16)12-11(17)13-14-6-3-2-4-7-14/h9H,2-8H2,1H3,(H,15,16)(H2,12,13,17)/t9-/m0/s1. The largest absolute Gasteiger partial charge is 0.480 e. The lowest BCUT2D eigenvalue weighted by atomic mass is 10.2. The van der Waals surface area contributed by atoms with Crippen molar-refractivity contribution in [2.45, 2.75) is 31.7 Å². The number of hydrogen-bond donors (Lipinski definition) is 3. The van der Waals surface area contributed by atoms with Crippen molar-refractivity contribution in [3.05, 3.63) is 0 Å². The second-order valence-corrected chi connectivity index (χ2v) is 5.29. The molecule has 104 valence electrons. The Morgan fingerprint density at radius 1 is 1.33 bits per heavy atom. The zero-order valence-electron chi connectivity index (χ0n) is 10.6. The summed E-state index contributed by atoms with van der Waals surface area (Å²) in [4.78, 5) is 22.6. The molecule has 18 heavy (non-hydrogen) atoms. The predicted molar refractivity (Wildman–Crippen MR) is 71.5 cm³/mol. The topological polar surface area (TPSA) is 81.7 Å². The van der Waals surface area contributed by atoms with Gasteiger partial charge in [0.25, 0.3) is 0 Å². The fraction of sp³-hybridized carbons (Fsp3) is 0.818. The van der Waals surface area contributed by atoms with Crippen molar-refractivity contribution < 1.29 is 14.7 Å². The smallest absolute Gasteiger partial charge is 0.330 e. The van der Waals surface area contributed by atoms with Crippen molar-refractivity contribution in [2.24, 2.45) is 0 Å². The van der Waals surface area contributed by atoms with Crippen molar-refractivity contribution in [1.82, 2.24) is 15.8 Å². The van der Waals surface area contributed by atoms with Gasteiger partial charge in [0.15, 0.2) is 0 Å². The molecule has 1 fully saturated rings. The van der Waals surface area contributed by atoms with Crippen LogP contribution in [0.15, 0.2) is 0 Å². The average molecular weight is 275 g/mol. The summed E-state index contributed by atoms with van der Waals surface area (Å²) >= 11 is 1.56.